The van der Waals surface area contributed by atoms with E-state index in [4.69, 9.17) is 14.0 Å². The molecule has 0 spiro atoms. The Morgan fingerprint density at radius 1 is 1.27 bits per heavy atom. The average molecular weight is 359 g/mol. The van der Waals surface area contributed by atoms with Gasteiger partial charge in [0.1, 0.15) is 11.5 Å². The topological polar surface area (TPSA) is 76.8 Å². The standard InChI is InChI=1S/C19H25N3O4/c1-12(2)17-11-14(21-26-17)15-6-5-9-22(15)19(23)20-13-7-8-16(24-3)18(10-13)25-4/h7-8,10-12,15H,5-6,9H2,1-4H3,(H,20,23). The third kappa shape index (κ3) is 3.61. The smallest absolute Gasteiger partial charge is 0.322 e. The number of methoxy groups -OCH3 is 2. The van der Waals surface area contributed by atoms with Gasteiger partial charge in [0, 0.05) is 30.3 Å². The van der Waals surface area contributed by atoms with E-state index < -0.39 is 0 Å². The van der Waals surface area contributed by atoms with Crippen LogP contribution in [0.25, 0.3) is 0 Å². The first kappa shape index (κ1) is 18.1. The molecule has 0 bridgehead atoms. The molecule has 0 aliphatic carbocycles. The number of hydrogen-bond donors (Lipinski definition) is 1. The second kappa shape index (κ2) is 7.68. The number of anilines is 1. The Hall–Kier alpha value is -2.70. The van der Waals surface area contributed by atoms with Gasteiger partial charge in [-0.25, -0.2) is 4.79 Å². The summed E-state index contributed by atoms with van der Waals surface area (Å²) < 4.78 is 15.9. The van der Waals surface area contributed by atoms with Crippen LogP contribution in [0.2, 0.25) is 0 Å². The maximum atomic E-state index is 12.8. The number of carbonyl (C=O) groups is 1. The van der Waals surface area contributed by atoms with Gasteiger partial charge in [-0.3, -0.25) is 0 Å². The van der Waals surface area contributed by atoms with Crippen LogP contribution in [0.5, 0.6) is 11.5 Å². The SMILES string of the molecule is COc1ccc(NC(=O)N2CCCC2c2cc(C(C)C)on2)cc1OC. The molecule has 26 heavy (non-hydrogen) atoms. The Morgan fingerprint density at radius 3 is 2.69 bits per heavy atom. The van der Waals surface area contributed by atoms with Crippen LogP contribution in [0.1, 0.15) is 50.1 Å². The van der Waals surface area contributed by atoms with E-state index in [1.807, 2.05) is 6.07 Å². The van der Waals surface area contributed by atoms with Gasteiger partial charge < -0.3 is 24.2 Å². The molecule has 1 fully saturated rings. The van der Waals surface area contributed by atoms with Gasteiger partial charge in [0.15, 0.2) is 11.5 Å². The molecule has 1 unspecified atom stereocenters. The molecule has 7 nitrogen and oxygen atoms in total. The van der Waals surface area contributed by atoms with Crippen LogP contribution in [0, 0.1) is 0 Å². The summed E-state index contributed by atoms with van der Waals surface area (Å²) in [6.07, 6.45) is 1.82. The molecule has 2 aromatic rings. The number of aromatic nitrogens is 1. The van der Waals surface area contributed by atoms with Crippen molar-refractivity contribution in [2.24, 2.45) is 0 Å². The van der Waals surface area contributed by atoms with Crippen LogP contribution >= 0.6 is 0 Å². The van der Waals surface area contributed by atoms with Crippen LogP contribution in [-0.4, -0.2) is 36.9 Å². The summed E-state index contributed by atoms with van der Waals surface area (Å²) >= 11 is 0. The average Bonchev–Trinajstić information content (AvgIpc) is 3.30. The van der Waals surface area contributed by atoms with Crippen molar-refractivity contribution in [3.05, 3.63) is 35.7 Å². The lowest BCUT2D eigenvalue weighted by molar-refractivity contribution is 0.204. The predicted octanol–water partition coefficient (Wildman–Crippen LogP) is 4.18. The van der Waals surface area contributed by atoms with Gasteiger partial charge in [-0.15, -0.1) is 0 Å². The lowest BCUT2D eigenvalue weighted by atomic mass is 10.1. The number of hydrogen-bond acceptors (Lipinski definition) is 5. The number of likely N-dealkylation sites (tertiary alicyclic amines) is 1. The number of amides is 2. The largest absolute Gasteiger partial charge is 0.493 e. The number of nitrogens with zero attached hydrogens (tertiary/aromatic N) is 2. The number of rotatable bonds is 5. The molecular formula is C19H25N3O4. The van der Waals surface area contributed by atoms with Gasteiger partial charge in [0.2, 0.25) is 0 Å². The van der Waals surface area contributed by atoms with Crippen molar-refractivity contribution >= 4 is 11.7 Å². The zero-order chi connectivity index (χ0) is 18.7. The molecule has 2 amide bonds. The lowest BCUT2D eigenvalue weighted by Gasteiger charge is -2.23. The first-order valence-electron chi connectivity index (χ1n) is 8.79. The van der Waals surface area contributed by atoms with Gasteiger partial charge in [-0.05, 0) is 25.0 Å². The molecule has 1 aliphatic rings. The second-order valence-electron chi connectivity index (χ2n) is 6.66. The number of benzene rings is 1. The van der Waals surface area contributed by atoms with E-state index in [9.17, 15) is 4.79 Å². The fraction of sp³-hybridized carbons (Fsp3) is 0.474. The summed E-state index contributed by atoms with van der Waals surface area (Å²) in [6.45, 7) is 4.80. The van der Waals surface area contributed by atoms with E-state index in [0.717, 1.165) is 24.3 Å². The van der Waals surface area contributed by atoms with E-state index >= 15 is 0 Å². The molecular weight excluding hydrogens is 334 g/mol. The van der Waals surface area contributed by atoms with Crippen molar-refractivity contribution in [1.82, 2.24) is 10.1 Å². The third-order valence-corrected chi connectivity index (χ3v) is 4.61. The summed E-state index contributed by atoms with van der Waals surface area (Å²) in [6, 6.07) is 7.03. The van der Waals surface area contributed by atoms with Crippen LogP contribution in [0.4, 0.5) is 10.5 Å². The summed E-state index contributed by atoms with van der Waals surface area (Å²) in [5.41, 5.74) is 1.47. The Kier molecular flexibility index (Phi) is 5.35. The van der Waals surface area contributed by atoms with Crippen molar-refractivity contribution in [3.8, 4) is 11.5 Å². The molecule has 2 heterocycles. The first-order valence-corrected chi connectivity index (χ1v) is 8.79. The van der Waals surface area contributed by atoms with Crippen LogP contribution in [-0.2, 0) is 0 Å². The molecule has 3 rings (SSSR count). The van der Waals surface area contributed by atoms with Crippen LogP contribution < -0.4 is 14.8 Å². The van der Waals surface area contributed by atoms with E-state index in [1.165, 1.54) is 0 Å². The molecule has 1 aliphatic heterocycles. The molecule has 1 aromatic carbocycles. The van der Waals surface area contributed by atoms with Gasteiger partial charge in [0.05, 0.1) is 20.3 Å². The number of nitrogens with one attached hydrogen (secondary N) is 1. The Morgan fingerprint density at radius 2 is 2.04 bits per heavy atom. The Labute approximate surface area is 153 Å². The zero-order valence-electron chi connectivity index (χ0n) is 15.6. The predicted molar refractivity (Wildman–Crippen MR) is 97.8 cm³/mol. The summed E-state index contributed by atoms with van der Waals surface area (Å²) in [5.74, 6) is 2.30. The van der Waals surface area contributed by atoms with Crippen molar-refractivity contribution in [3.63, 3.8) is 0 Å². The first-order chi connectivity index (χ1) is 12.5. The molecule has 140 valence electrons. The quantitative estimate of drug-likeness (QED) is 0.866. The fourth-order valence-electron chi connectivity index (χ4n) is 3.16. The molecule has 0 radical (unpaired) electrons. The molecule has 1 saturated heterocycles. The Bertz CT molecular complexity index is 772. The Balaban J connectivity index is 1.74. The third-order valence-electron chi connectivity index (χ3n) is 4.61. The highest BCUT2D eigenvalue weighted by Crippen LogP contribution is 2.34. The van der Waals surface area contributed by atoms with E-state index in [2.05, 4.69) is 24.3 Å². The van der Waals surface area contributed by atoms with Gasteiger partial charge in [-0.2, -0.15) is 0 Å². The normalized spacial score (nSPS) is 16.8. The van der Waals surface area contributed by atoms with Crippen molar-refractivity contribution in [2.75, 3.05) is 26.1 Å². The minimum atomic E-state index is -0.159. The minimum absolute atomic E-state index is 0.0635. The molecule has 7 heteroatoms. The molecule has 1 atom stereocenters. The summed E-state index contributed by atoms with van der Waals surface area (Å²) in [4.78, 5) is 14.6. The van der Waals surface area contributed by atoms with E-state index in [1.54, 1.807) is 37.3 Å². The number of carbonyl (C=O) groups excluding carboxylic acids is 1. The lowest BCUT2D eigenvalue weighted by Crippen LogP contribution is -2.34. The monoisotopic (exact) mass is 359 g/mol. The molecule has 1 N–H and O–H groups in total. The van der Waals surface area contributed by atoms with Gasteiger partial charge >= 0.3 is 6.03 Å². The number of ether oxygens (including phenoxy) is 2. The highest BCUT2D eigenvalue weighted by molar-refractivity contribution is 5.90. The second-order valence-corrected chi connectivity index (χ2v) is 6.66. The maximum absolute atomic E-state index is 12.8. The number of urea groups is 1. The fourth-order valence-corrected chi connectivity index (χ4v) is 3.16. The summed E-state index contributed by atoms with van der Waals surface area (Å²) in [7, 11) is 3.14. The maximum Gasteiger partial charge on any atom is 0.322 e. The van der Waals surface area contributed by atoms with Crippen LogP contribution in [0.3, 0.4) is 0 Å². The van der Waals surface area contributed by atoms with Crippen molar-refractivity contribution in [1.29, 1.82) is 0 Å². The van der Waals surface area contributed by atoms with Gasteiger partial charge in [0.25, 0.3) is 0 Å². The highest BCUT2D eigenvalue weighted by atomic mass is 16.5. The van der Waals surface area contributed by atoms with Gasteiger partial charge in [-0.1, -0.05) is 19.0 Å². The minimum Gasteiger partial charge on any atom is -0.493 e. The molecule has 1 aromatic heterocycles. The molecule has 0 saturated carbocycles. The van der Waals surface area contributed by atoms with E-state index in [0.29, 0.717) is 23.7 Å². The van der Waals surface area contributed by atoms with Crippen molar-refractivity contribution in [2.45, 2.75) is 38.6 Å². The zero-order valence-corrected chi connectivity index (χ0v) is 15.6. The van der Waals surface area contributed by atoms with Crippen molar-refractivity contribution < 1.29 is 18.8 Å². The van der Waals surface area contributed by atoms with Crippen LogP contribution in [0.15, 0.2) is 28.8 Å². The summed E-state index contributed by atoms with van der Waals surface area (Å²) in [5, 5.41) is 7.11. The highest BCUT2D eigenvalue weighted by Gasteiger charge is 2.32. The van der Waals surface area contributed by atoms with E-state index in [-0.39, 0.29) is 18.0 Å².